The average molecular weight is 186 g/mol. The van der Waals surface area contributed by atoms with Crippen molar-refractivity contribution in [2.75, 3.05) is 26.3 Å². The van der Waals surface area contributed by atoms with E-state index >= 15 is 0 Å². The lowest BCUT2D eigenvalue weighted by molar-refractivity contribution is -0.127. The van der Waals surface area contributed by atoms with Crippen LogP contribution in [0, 0.1) is 5.92 Å². The van der Waals surface area contributed by atoms with Gasteiger partial charge in [0.05, 0.1) is 13.2 Å². The van der Waals surface area contributed by atoms with Crippen LogP contribution in [0.15, 0.2) is 0 Å². The molecule has 0 unspecified atom stereocenters. The van der Waals surface area contributed by atoms with Crippen LogP contribution in [0.2, 0.25) is 0 Å². The number of amides is 1. The number of hydrogen-bond acceptors (Lipinski definition) is 3. The van der Waals surface area contributed by atoms with Crippen molar-refractivity contribution in [2.24, 2.45) is 11.7 Å². The molecule has 0 bridgehead atoms. The number of rotatable bonds is 6. The summed E-state index contributed by atoms with van der Waals surface area (Å²) in [5.41, 5.74) is 5.24. The Labute approximate surface area is 78.8 Å². The first kappa shape index (κ1) is 10.5. The van der Waals surface area contributed by atoms with Crippen molar-refractivity contribution in [2.45, 2.75) is 19.3 Å². The van der Waals surface area contributed by atoms with Gasteiger partial charge in [0.25, 0.3) is 0 Å². The second-order valence-electron chi connectivity index (χ2n) is 3.32. The topological polar surface area (TPSA) is 64.3 Å². The third kappa shape index (κ3) is 3.74. The Hall–Kier alpha value is -0.610. The number of ether oxygens (including phenoxy) is 1. The van der Waals surface area contributed by atoms with Gasteiger partial charge in [0.2, 0.25) is 5.91 Å². The van der Waals surface area contributed by atoms with Crippen LogP contribution in [0.5, 0.6) is 0 Å². The molecule has 0 heterocycles. The summed E-state index contributed by atoms with van der Waals surface area (Å²) >= 11 is 0. The molecular formula is C9H18N2O2. The molecule has 0 radical (unpaired) electrons. The Kier molecular flexibility index (Phi) is 4.78. The van der Waals surface area contributed by atoms with Crippen molar-refractivity contribution in [1.82, 2.24) is 5.32 Å². The van der Waals surface area contributed by atoms with Crippen molar-refractivity contribution in [1.29, 1.82) is 0 Å². The van der Waals surface area contributed by atoms with Crippen LogP contribution in [0.1, 0.15) is 19.3 Å². The fraction of sp³-hybridized carbons (Fsp3) is 0.889. The lowest BCUT2D eigenvalue weighted by atomic mass is 9.85. The van der Waals surface area contributed by atoms with Crippen molar-refractivity contribution in [3.05, 3.63) is 0 Å². The number of hydrogen-bond donors (Lipinski definition) is 2. The molecular weight excluding hydrogens is 168 g/mol. The van der Waals surface area contributed by atoms with Crippen molar-refractivity contribution >= 4 is 5.91 Å². The van der Waals surface area contributed by atoms with Gasteiger partial charge in [-0.05, 0) is 12.8 Å². The quantitative estimate of drug-likeness (QED) is 0.568. The maximum atomic E-state index is 11.3. The van der Waals surface area contributed by atoms with E-state index in [1.165, 1.54) is 6.42 Å². The molecule has 1 aliphatic carbocycles. The van der Waals surface area contributed by atoms with Gasteiger partial charge in [-0.3, -0.25) is 4.79 Å². The molecule has 1 amide bonds. The molecule has 0 aromatic rings. The zero-order valence-electron chi connectivity index (χ0n) is 7.92. The van der Waals surface area contributed by atoms with Gasteiger partial charge < -0.3 is 15.8 Å². The lowest BCUT2D eigenvalue weighted by Crippen LogP contribution is -2.36. The van der Waals surface area contributed by atoms with Gasteiger partial charge in [-0.1, -0.05) is 6.42 Å². The normalized spacial score (nSPS) is 16.7. The lowest BCUT2D eigenvalue weighted by Gasteiger charge is -2.23. The van der Waals surface area contributed by atoms with Crippen LogP contribution >= 0.6 is 0 Å². The molecule has 76 valence electrons. The fourth-order valence-corrected chi connectivity index (χ4v) is 1.25. The highest BCUT2D eigenvalue weighted by atomic mass is 16.5. The molecule has 4 nitrogen and oxygen atoms in total. The summed E-state index contributed by atoms with van der Waals surface area (Å²) in [5.74, 6) is 0.456. The average Bonchev–Trinajstić information content (AvgIpc) is 2.01. The second-order valence-corrected chi connectivity index (χ2v) is 3.32. The van der Waals surface area contributed by atoms with E-state index in [0.29, 0.717) is 26.3 Å². The Bertz CT molecular complexity index is 158. The van der Waals surface area contributed by atoms with E-state index < -0.39 is 0 Å². The van der Waals surface area contributed by atoms with Gasteiger partial charge in [0.1, 0.15) is 0 Å². The summed E-state index contributed by atoms with van der Waals surface area (Å²) < 4.78 is 5.12. The van der Waals surface area contributed by atoms with Gasteiger partial charge in [0.15, 0.2) is 0 Å². The van der Waals surface area contributed by atoms with E-state index in [1.54, 1.807) is 0 Å². The van der Waals surface area contributed by atoms with E-state index in [0.717, 1.165) is 12.8 Å². The third-order valence-corrected chi connectivity index (χ3v) is 2.28. The Morgan fingerprint density at radius 3 is 2.77 bits per heavy atom. The molecule has 3 N–H and O–H groups in total. The highest BCUT2D eigenvalue weighted by Crippen LogP contribution is 2.25. The van der Waals surface area contributed by atoms with Crippen LogP contribution in [0.4, 0.5) is 0 Å². The molecule has 0 spiro atoms. The molecule has 13 heavy (non-hydrogen) atoms. The Balaban J connectivity index is 1.89. The zero-order valence-corrected chi connectivity index (χ0v) is 7.92. The summed E-state index contributed by atoms with van der Waals surface area (Å²) in [6.07, 6.45) is 3.30. The second kappa shape index (κ2) is 5.94. The van der Waals surface area contributed by atoms with E-state index in [-0.39, 0.29) is 11.8 Å². The predicted molar refractivity (Wildman–Crippen MR) is 50.2 cm³/mol. The summed E-state index contributed by atoms with van der Waals surface area (Å²) in [4.78, 5) is 11.3. The van der Waals surface area contributed by atoms with Gasteiger partial charge in [-0.25, -0.2) is 0 Å². The standard InChI is InChI=1S/C9H18N2O2/c10-4-6-13-7-5-11-9(12)8-2-1-3-8/h8H,1-7,10H2,(H,11,12). The van der Waals surface area contributed by atoms with Crippen LogP contribution < -0.4 is 11.1 Å². The van der Waals surface area contributed by atoms with Gasteiger partial charge in [-0.2, -0.15) is 0 Å². The zero-order chi connectivity index (χ0) is 9.52. The van der Waals surface area contributed by atoms with Gasteiger partial charge >= 0.3 is 0 Å². The first-order valence-corrected chi connectivity index (χ1v) is 4.90. The summed E-state index contributed by atoms with van der Waals surface area (Å²) in [7, 11) is 0. The van der Waals surface area contributed by atoms with E-state index in [1.807, 2.05) is 0 Å². The van der Waals surface area contributed by atoms with E-state index in [4.69, 9.17) is 10.5 Å². The fourth-order valence-electron chi connectivity index (χ4n) is 1.25. The molecule has 0 aliphatic heterocycles. The Morgan fingerprint density at radius 2 is 2.23 bits per heavy atom. The highest BCUT2D eigenvalue weighted by Gasteiger charge is 2.24. The van der Waals surface area contributed by atoms with Crippen LogP contribution in [0.3, 0.4) is 0 Å². The molecule has 0 aromatic heterocycles. The minimum atomic E-state index is 0.183. The largest absolute Gasteiger partial charge is 0.378 e. The summed E-state index contributed by atoms with van der Waals surface area (Å²) in [6, 6.07) is 0. The van der Waals surface area contributed by atoms with Gasteiger partial charge in [-0.15, -0.1) is 0 Å². The Morgan fingerprint density at radius 1 is 1.46 bits per heavy atom. The van der Waals surface area contributed by atoms with Gasteiger partial charge in [0, 0.05) is 19.0 Å². The third-order valence-electron chi connectivity index (χ3n) is 2.28. The molecule has 1 saturated carbocycles. The van der Waals surface area contributed by atoms with Crippen LogP contribution in [-0.2, 0) is 9.53 Å². The molecule has 0 atom stereocenters. The van der Waals surface area contributed by atoms with E-state index in [9.17, 15) is 4.79 Å². The molecule has 1 rings (SSSR count). The highest BCUT2D eigenvalue weighted by molar-refractivity contribution is 5.79. The molecule has 4 heteroatoms. The monoisotopic (exact) mass is 186 g/mol. The minimum Gasteiger partial charge on any atom is -0.378 e. The first-order chi connectivity index (χ1) is 6.34. The van der Waals surface area contributed by atoms with E-state index in [2.05, 4.69) is 5.32 Å². The summed E-state index contributed by atoms with van der Waals surface area (Å²) in [6.45, 7) is 2.28. The molecule has 0 aromatic carbocycles. The molecule has 1 fully saturated rings. The maximum Gasteiger partial charge on any atom is 0.223 e. The van der Waals surface area contributed by atoms with Crippen LogP contribution in [-0.4, -0.2) is 32.2 Å². The smallest absolute Gasteiger partial charge is 0.223 e. The maximum absolute atomic E-state index is 11.3. The predicted octanol–water partition coefficient (Wildman–Crippen LogP) is -0.122. The SMILES string of the molecule is NCCOCCNC(=O)C1CCC1. The number of carbonyl (C=O) groups is 1. The minimum absolute atomic E-state index is 0.183. The number of carbonyl (C=O) groups excluding carboxylic acids is 1. The van der Waals surface area contributed by atoms with Crippen molar-refractivity contribution in [3.8, 4) is 0 Å². The first-order valence-electron chi connectivity index (χ1n) is 4.90. The van der Waals surface area contributed by atoms with Crippen LogP contribution in [0.25, 0.3) is 0 Å². The number of nitrogens with one attached hydrogen (secondary N) is 1. The molecule has 1 aliphatic rings. The van der Waals surface area contributed by atoms with Crippen molar-refractivity contribution < 1.29 is 9.53 Å². The number of nitrogens with two attached hydrogens (primary N) is 1. The molecule has 0 saturated heterocycles. The summed E-state index contributed by atoms with van der Waals surface area (Å²) in [5, 5.41) is 2.84. The van der Waals surface area contributed by atoms with Crippen molar-refractivity contribution in [3.63, 3.8) is 0 Å².